The molecule has 0 heterocycles. The highest BCUT2D eigenvalue weighted by Gasteiger charge is 2.22. The summed E-state index contributed by atoms with van der Waals surface area (Å²) in [5.74, 6) is -0.330. The maximum atomic E-state index is 12.7. The lowest BCUT2D eigenvalue weighted by Gasteiger charge is -2.17. The number of fused-ring (bicyclic) bond motifs is 1. The van der Waals surface area contributed by atoms with E-state index in [2.05, 4.69) is 21.2 Å². The summed E-state index contributed by atoms with van der Waals surface area (Å²) in [5, 5.41) is 5.18. The van der Waals surface area contributed by atoms with Crippen molar-refractivity contribution in [3.63, 3.8) is 0 Å². The number of halogens is 1. The normalized spacial score (nSPS) is 12.9. The molecule has 0 fully saturated rings. The lowest BCUT2D eigenvalue weighted by molar-refractivity contribution is 0.0939. The van der Waals surface area contributed by atoms with E-state index >= 15 is 0 Å². The minimum Gasteiger partial charge on any atom is -0.346 e. The Labute approximate surface area is 173 Å². The summed E-state index contributed by atoms with van der Waals surface area (Å²) in [6.45, 7) is 1.90. The van der Waals surface area contributed by atoms with Gasteiger partial charge < -0.3 is 5.32 Å². The third-order valence-electron chi connectivity index (χ3n) is 4.57. The number of carbonyl (C=O) groups excluding carboxylic acids is 1. The molecule has 0 aliphatic heterocycles. The summed E-state index contributed by atoms with van der Waals surface area (Å²) in [6.07, 6.45) is 0. The topological polar surface area (TPSA) is 66.5 Å². The van der Waals surface area contributed by atoms with Gasteiger partial charge in [0.05, 0.1) is 10.9 Å². The lowest BCUT2D eigenvalue weighted by Crippen LogP contribution is -2.27. The van der Waals surface area contributed by atoms with Gasteiger partial charge in [0, 0.05) is 24.1 Å². The molecule has 3 aromatic carbocycles. The molecule has 0 aromatic heterocycles. The number of carbonyl (C=O) groups is 1. The first-order valence-corrected chi connectivity index (χ1v) is 10.9. The number of amides is 1. The van der Waals surface area contributed by atoms with E-state index in [9.17, 15) is 13.2 Å². The molecule has 1 amide bonds. The van der Waals surface area contributed by atoms with E-state index in [1.54, 1.807) is 12.1 Å². The summed E-state index contributed by atoms with van der Waals surface area (Å²) in [6, 6.07) is 18.4. The molecule has 0 radical (unpaired) electrons. The molecule has 0 spiro atoms. The molecule has 0 aliphatic carbocycles. The lowest BCUT2D eigenvalue weighted by atomic mass is 10.0. The minimum absolute atomic E-state index is 0.0588. The van der Waals surface area contributed by atoms with E-state index in [1.807, 2.05) is 49.4 Å². The number of hydrogen-bond acceptors (Lipinski definition) is 3. The molecule has 146 valence electrons. The van der Waals surface area contributed by atoms with Crippen LogP contribution in [0.3, 0.4) is 0 Å². The monoisotopic (exact) mass is 460 g/mol. The molecular weight excluding hydrogens is 440 g/mol. The van der Waals surface area contributed by atoms with Gasteiger partial charge in [-0.25, -0.2) is 12.7 Å². The predicted molar refractivity (Wildman–Crippen MR) is 115 cm³/mol. The van der Waals surface area contributed by atoms with Crippen LogP contribution < -0.4 is 5.32 Å². The van der Waals surface area contributed by atoms with Gasteiger partial charge in [-0.1, -0.05) is 36.4 Å². The molecule has 28 heavy (non-hydrogen) atoms. The molecular formula is C21H21BrN2O3S. The molecule has 5 nitrogen and oxygen atoms in total. The summed E-state index contributed by atoms with van der Waals surface area (Å²) >= 11 is 3.26. The quantitative estimate of drug-likeness (QED) is 0.615. The van der Waals surface area contributed by atoms with Gasteiger partial charge in [-0.05, 0) is 63.5 Å². The van der Waals surface area contributed by atoms with E-state index in [1.165, 1.54) is 20.2 Å². The molecule has 0 aliphatic rings. The van der Waals surface area contributed by atoms with Crippen molar-refractivity contribution in [3.8, 4) is 0 Å². The number of nitrogens with zero attached hydrogens (tertiary/aromatic N) is 1. The largest absolute Gasteiger partial charge is 0.346 e. The summed E-state index contributed by atoms with van der Waals surface area (Å²) < 4.78 is 26.5. The third kappa shape index (κ3) is 4.11. The minimum atomic E-state index is -3.66. The van der Waals surface area contributed by atoms with Crippen molar-refractivity contribution in [2.45, 2.75) is 17.9 Å². The molecule has 0 bridgehead atoms. The maximum Gasteiger partial charge on any atom is 0.251 e. The number of benzene rings is 3. The second kappa shape index (κ2) is 8.03. The van der Waals surface area contributed by atoms with Crippen LogP contribution in [0.5, 0.6) is 0 Å². The van der Waals surface area contributed by atoms with Crippen LogP contribution in [0.15, 0.2) is 70.0 Å². The predicted octanol–water partition coefficient (Wildman–Crippen LogP) is 4.34. The van der Waals surface area contributed by atoms with Crippen LogP contribution in [-0.4, -0.2) is 32.7 Å². The van der Waals surface area contributed by atoms with Gasteiger partial charge in [0.25, 0.3) is 5.91 Å². The second-order valence-electron chi connectivity index (χ2n) is 6.73. The van der Waals surface area contributed by atoms with Crippen LogP contribution in [0.25, 0.3) is 10.8 Å². The Morgan fingerprint density at radius 1 is 1.00 bits per heavy atom. The second-order valence-corrected chi connectivity index (χ2v) is 9.71. The van der Waals surface area contributed by atoms with Crippen LogP contribution in [0.2, 0.25) is 0 Å². The highest BCUT2D eigenvalue weighted by molar-refractivity contribution is 9.10. The number of hydrogen-bond donors (Lipinski definition) is 1. The fraction of sp³-hybridized carbons (Fsp3) is 0.190. The maximum absolute atomic E-state index is 12.7. The summed E-state index contributed by atoms with van der Waals surface area (Å²) in [4.78, 5) is 12.8. The number of sulfonamides is 1. The fourth-order valence-corrected chi connectivity index (χ4v) is 4.72. The summed E-state index contributed by atoms with van der Waals surface area (Å²) in [7, 11) is -0.753. The van der Waals surface area contributed by atoms with Crippen molar-refractivity contribution in [3.05, 3.63) is 76.3 Å². The average Bonchev–Trinajstić information content (AvgIpc) is 2.67. The van der Waals surface area contributed by atoms with Gasteiger partial charge in [-0.2, -0.15) is 0 Å². The van der Waals surface area contributed by atoms with Gasteiger partial charge >= 0.3 is 0 Å². The number of nitrogens with one attached hydrogen (secondary N) is 1. The van der Waals surface area contributed by atoms with Crippen LogP contribution in [0, 0.1) is 0 Å². The van der Waals surface area contributed by atoms with Crippen LogP contribution >= 0.6 is 15.9 Å². The van der Waals surface area contributed by atoms with Crippen molar-refractivity contribution < 1.29 is 13.2 Å². The van der Waals surface area contributed by atoms with Gasteiger partial charge in [-0.15, -0.1) is 0 Å². The van der Waals surface area contributed by atoms with Crippen molar-refractivity contribution in [2.24, 2.45) is 0 Å². The third-order valence-corrected chi connectivity index (χ3v) is 7.38. The Balaban J connectivity index is 1.86. The van der Waals surface area contributed by atoms with E-state index < -0.39 is 10.0 Å². The summed E-state index contributed by atoms with van der Waals surface area (Å²) in [5.41, 5.74) is 1.27. The highest BCUT2D eigenvalue weighted by Crippen LogP contribution is 2.26. The Morgan fingerprint density at radius 2 is 1.68 bits per heavy atom. The standard InChI is InChI=1S/C21H21BrN2O3S/c1-14(16-9-8-15-6-4-5-7-17(15)12-16)23-21(25)18-10-11-19(22)20(13-18)28(26,27)24(2)3/h4-14H,1-3H3,(H,23,25). The zero-order valence-corrected chi connectivity index (χ0v) is 18.2. The first kappa shape index (κ1) is 20.5. The molecule has 1 atom stereocenters. The van der Waals surface area contributed by atoms with E-state index in [-0.39, 0.29) is 22.4 Å². The Morgan fingerprint density at radius 3 is 2.36 bits per heavy atom. The zero-order valence-electron chi connectivity index (χ0n) is 15.8. The number of rotatable bonds is 5. The van der Waals surface area contributed by atoms with Gasteiger partial charge in [0.2, 0.25) is 10.0 Å². The van der Waals surface area contributed by atoms with Crippen molar-refractivity contribution >= 4 is 42.6 Å². The molecule has 0 saturated carbocycles. The first-order chi connectivity index (χ1) is 13.2. The van der Waals surface area contributed by atoms with Crippen molar-refractivity contribution in [1.82, 2.24) is 9.62 Å². The van der Waals surface area contributed by atoms with E-state index in [0.29, 0.717) is 4.47 Å². The van der Waals surface area contributed by atoms with E-state index in [0.717, 1.165) is 20.6 Å². The molecule has 0 saturated heterocycles. The fourth-order valence-electron chi connectivity index (χ4n) is 2.88. The average molecular weight is 461 g/mol. The van der Waals surface area contributed by atoms with Crippen LogP contribution in [0.4, 0.5) is 0 Å². The highest BCUT2D eigenvalue weighted by atomic mass is 79.9. The van der Waals surface area contributed by atoms with Gasteiger partial charge in [0.15, 0.2) is 0 Å². The van der Waals surface area contributed by atoms with Gasteiger partial charge in [-0.3, -0.25) is 4.79 Å². The molecule has 1 N–H and O–H groups in total. The van der Waals surface area contributed by atoms with Crippen molar-refractivity contribution in [1.29, 1.82) is 0 Å². The van der Waals surface area contributed by atoms with Crippen molar-refractivity contribution in [2.75, 3.05) is 14.1 Å². The van der Waals surface area contributed by atoms with E-state index in [4.69, 9.17) is 0 Å². The van der Waals surface area contributed by atoms with Crippen LogP contribution in [-0.2, 0) is 10.0 Å². The smallest absolute Gasteiger partial charge is 0.251 e. The molecule has 1 unspecified atom stereocenters. The first-order valence-electron chi connectivity index (χ1n) is 8.72. The Bertz CT molecular complexity index is 1140. The molecule has 3 aromatic rings. The Hall–Kier alpha value is -2.22. The van der Waals surface area contributed by atoms with Gasteiger partial charge in [0.1, 0.15) is 0 Å². The Kier molecular flexibility index (Phi) is 5.88. The molecule has 3 rings (SSSR count). The molecule has 7 heteroatoms. The van der Waals surface area contributed by atoms with Crippen LogP contribution in [0.1, 0.15) is 28.9 Å². The SMILES string of the molecule is CC(NC(=O)c1ccc(Br)c(S(=O)(=O)N(C)C)c1)c1ccc2ccccc2c1. The zero-order chi connectivity index (χ0) is 20.5.